The van der Waals surface area contributed by atoms with Crippen LogP contribution in [0.1, 0.15) is 59.9 Å². The van der Waals surface area contributed by atoms with Gasteiger partial charge in [-0.25, -0.2) is 22.9 Å². The number of aromatic nitrogens is 2. The summed E-state index contributed by atoms with van der Waals surface area (Å²) >= 11 is 0. The predicted octanol–water partition coefficient (Wildman–Crippen LogP) is 5.52. The molecule has 3 amide bonds. The van der Waals surface area contributed by atoms with E-state index in [9.17, 15) is 27.6 Å². The van der Waals surface area contributed by atoms with Gasteiger partial charge in [-0.1, -0.05) is 12.8 Å². The van der Waals surface area contributed by atoms with Gasteiger partial charge in [-0.2, -0.15) is 4.39 Å². The molecule has 0 saturated carbocycles. The highest BCUT2D eigenvalue weighted by Gasteiger charge is 2.27. The van der Waals surface area contributed by atoms with Crippen LogP contribution in [0.5, 0.6) is 0 Å². The Morgan fingerprint density at radius 2 is 1.85 bits per heavy atom. The van der Waals surface area contributed by atoms with Crippen LogP contribution in [0.15, 0.2) is 30.3 Å². The average Bonchev–Trinajstić information content (AvgIpc) is 3.28. The molecular weight excluding hydrogens is 522 g/mol. The van der Waals surface area contributed by atoms with Gasteiger partial charge in [0.2, 0.25) is 11.9 Å². The van der Waals surface area contributed by atoms with Crippen molar-refractivity contribution in [1.82, 2.24) is 15.3 Å². The van der Waals surface area contributed by atoms with Crippen molar-refractivity contribution in [2.24, 2.45) is 0 Å². The molecule has 0 saturated heterocycles. The van der Waals surface area contributed by atoms with Gasteiger partial charge in [-0.05, 0) is 48.7 Å². The van der Waals surface area contributed by atoms with Gasteiger partial charge in [-0.3, -0.25) is 14.9 Å². The Morgan fingerprint density at radius 1 is 1.10 bits per heavy atom. The van der Waals surface area contributed by atoms with E-state index in [2.05, 4.69) is 30.7 Å². The lowest BCUT2D eigenvalue weighted by atomic mass is 10.0. The smallest absolute Gasteiger partial charge is 0.411 e. The average molecular weight is 548 g/mol. The molecule has 1 aromatic heterocycles. The zero-order valence-corrected chi connectivity index (χ0v) is 20.8. The summed E-state index contributed by atoms with van der Waals surface area (Å²) in [5, 5.41) is 7.67. The molecular formula is C26H25F4N5O4. The van der Waals surface area contributed by atoms with Crippen LogP contribution in [0.2, 0.25) is 0 Å². The highest BCUT2D eigenvalue weighted by molar-refractivity contribution is 5.97. The highest BCUT2D eigenvalue weighted by Crippen LogP contribution is 2.34. The van der Waals surface area contributed by atoms with Crippen LogP contribution in [-0.4, -0.2) is 35.0 Å². The minimum atomic E-state index is -1.23. The summed E-state index contributed by atoms with van der Waals surface area (Å²) in [4.78, 5) is 43.8. The van der Waals surface area contributed by atoms with Gasteiger partial charge in [0, 0.05) is 17.7 Å². The Kier molecular flexibility index (Phi) is 8.47. The topological polar surface area (TPSA) is 125 Å². The van der Waals surface area contributed by atoms with Crippen LogP contribution in [0, 0.1) is 17.6 Å². The lowest BCUT2D eigenvalue weighted by molar-refractivity contribution is -0.116. The number of hydrogen-bond donors (Lipinski definition) is 4. The third-order valence-electron chi connectivity index (χ3n) is 6.17. The predicted molar refractivity (Wildman–Crippen MR) is 133 cm³/mol. The van der Waals surface area contributed by atoms with E-state index in [1.807, 2.05) is 0 Å². The SMILES string of the molecule is COC(=O)Nc1ccc2c(c1)NC(=O)CCCCCC(NC(=O)c1c(F)cc(CF)cc1F)c1nc-2c(F)[nH]1. The number of fused-ring (bicyclic) bond motifs is 4. The number of anilines is 2. The number of aromatic amines is 1. The molecule has 9 nitrogen and oxygen atoms in total. The van der Waals surface area contributed by atoms with Gasteiger partial charge in [0.1, 0.15) is 35.4 Å². The van der Waals surface area contributed by atoms with Crippen LogP contribution < -0.4 is 16.0 Å². The number of nitrogens with one attached hydrogen (secondary N) is 4. The fraction of sp³-hybridized carbons (Fsp3) is 0.308. The largest absolute Gasteiger partial charge is 0.453 e. The quantitative estimate of drug-likeness (QED) is 0.321. The summed E-state index contributed by atoms with van der Waals surface area (Å²) < 4.78 is 61.5. The van der Waals surface area contributed by atoms with E-state index in [1.54, 1.807) is 0 Å². The monoisotopic (exact) mass is 547 g/mol. The van der Waals surface area contributed by atoms with Gasteiger partial charge in [0.25, 0.3) is 5.91 Å². The fourth-order valence-corrected chi connectivity index (χ4v) is 4.26. The first-order valence-corrected chi connectivity index (χ1v) is 12.1. The van der Waals surface area contributed by atoms with Crippen LogP contribution in [0.3, 0.4) is 0 Å². The Bertz CT molecular complexity index is 1390. The van der Waals surface area contributed by atoms with E-state index < -0.39 is 47.9 Å². The molecule has 1 aliphatic rings. The number of nitrogens with zero attached hydrogens (tertiary/aromatic N) is 1. The summed E-state index contributed by atoms with van der Waals surface area (Å²) in [6.45, 7) is -1.11. The Hall–Kier alpha value is -4.42. The number of alkyl halides is 1. The van der Waals surface area contributed by atoms with Crippen molar-refractivity contribution in [1.29, 1.82) is 0 Å². The number of amides is 3. The van der Waals surface area contributed by atoms with Crippen LogP contribution >= 0.6 is 0 Å². The molecule has 1 atom stereocenters. The molecule has 0 fully saturated rings. The lowest BCUT2D eigenvalue weighted by Gasteiger charge is -2.17. The van der Waals surface area contributed by atoms with Crippen molar-refractivity contribution in [3.05, 3.63) is 64.9 Å². The van der Waals surface area contributed by atoms with E-state index in [1.165, 1.54) is 25.3 Å². The zero-order valence-electron chi connectivity index (χ0n) is 20.8. The molecule has 13 heteroatoms. The highest BCUT2D eigenvalue weighted by atomic mass is 19.1. The van der Waals surface area contributed by atoms with Crippen LogP contribution in [-0.2, 0) is 16.2 Å². The molecule has 2 bridgehead atoms. The minimum absolute atomic E-state index is 0.00895. The van der Waals surface area contributed by atoms with Crippen molar-refractivity contribution in [2.45, 2.75) is 44.8 Å². The molecule has 2 aromatic carbocycles. The number of hydrogen-bond acceptors (Lipinski definition) is 5. The number of ether oxygens (including phenoxy) is 1. The van der Waals surface area contributed by atoms with E-state index in [0.717, 1.165) is 12.1 Å². The molecule has 0 radical (unpaired) electrons. The van der Waals surface area contributed by atoms with Crippen molar-refractivity contribution in [3.63, 3.8) is 0 Å². The summed E-state index contributed by atoms with van der Waals surface area (Å²) in [6.07, 6.45) is 1.15. The second-order valence-corrected chi connectivity index (χ2v) is 8.90. The van der Waals surface area contributed by atoms with E-state index in [0.29, 0.717) is 19.3 Å². The Morgan fingerprint density at radius 3 is 2.54 bits per heavy atom. The summed E-state index contributed by atoms with van der Waals surface area (Å²) in [7, 11) is 1.19. The van der Waals surface area contributed by atoms with Crippen molar-refractivity contribution >= 4 is 29.3 Å². The Labute approximate surface area is 220 Å². The second kappa shape index (κ2) is 12.0. The van der Waals surface area contributed by atoms with Crippen molar-refractivity contribution in [3.8, 4) is 11.3 Å². The molecule has 0 aliphatic carbocycles. The van der Waals surface area contributed by atoms with Gasteiger partial charge in [-0.15, -0.1) is 0 Å². The number of carbonyl (C=O) groups is 3. The van der Waals surface area contributed by atoms with Gasteiger partial charge in [0.05, 0.1) is 18.8 Å². The molecule has 39 heavy (non-hydrogen) atoms. The Balaban J connectivity index is 1.70. The number of methoxy groups -OCH3 is 1. The van der Waals surface area contributed by atoms with Gasteiger partial charge in [0.15, 0.2) is 0 Å². The second-order valence-electron chi connectivity index (χ2n) is 8.90. The summed E-state index contributed by atoms with van der Waals surface area (Å²) in [6, 6.07) is 4.82. The molecule has 1 unspecified atom stereocenters. The first kappa shape index (κ1) is 27.6. The number of rotatable bonds is 4. The first-order valence-electron chi connectivity index (χ1n) is 12.1. The zero-order chi connectivity index (χ0) is 28.1. The molecule has 206 valence electrons. The van der Waals surface area contributed by atoms with Crippen molar-refractivity contribution < 1.29 is 36.7 Å². The maximum absolute atomic E-state index is 15.2. The fourth-order valence-electron chi connectivity index (χ4n) is 4.26. The van der Waals surface area contributed by atoms with Gasteiger partial charge >= 0.3 is 6.09 Å². The number of carbonyl (C=O) groups excluding carboxylic acids is 3. The standard InChI is InChI=1S/C26H25F4N5O4/c1-39-26(38)31-14-7-8-15-19(11-14)32-20(36)6-4-2-3-5-18(24-34-22(15)23(30)35-24)33-25(37)21-16(28)9-13(12-27)10-17(21)29/h7-11,18H,2-6,12H2,1H3,(H,31,38)(H,32,36)(H,33,37)(H,34,35). The van der Waals surface area contributed by atoms with E-state index >= 15 is 4.39 Å². The molecule has 3 aromatic rings. The van der Waals surface area contributed by atoms with E-state index in [-0.39, 0.29) is 52.8 Å². The van der Waals surface area contributed by atoms with Crippen molar-refractivity contribution in [2.75, 3.05) is 17.7 Å². The third-order valence-corrected chi connectivity index (χ3v) is 6.17. The molecule has 2 heterocycles. The third kappa shape index (κ3) is 6.36. The maximum Gasteiger partial charge on any atom is 0.411 e. The number of imidazole rings is 1. The number of benzene rings is 2. The first-order chi connectivity index (χ1) is 18.7. The molecule has 4 N–H and O–H groups in total. The summed E-state index contributed by atoms with van der Waals surface area (Å²) in [5.41, 5.74) is -0.714. The normalized spacial score (nSPS) is 15.6. The lowest BCUT2D eigenvalue weighted by Crippen LogP contribution is -2.31. The molecule has 0 spiro atoms. The molecule has 1 aliphatic heterocycles. The molecule has 4 rings (SSSR count). The van der Waals surface area contributed by atoms with E-state index in [4.69, 9.17) is 0 Å². The van der Waals surface area contributed by atoms with Crippen LogP contribution in [0.25, 0.3) is 11.3 Å². The number of halogens is 4. The number of H-pyrrole nitrogens is 1. The minimum Gasteiger partial charge on any atom is -0.453 e. The maximum atomic E-state index is 15.2. The summed E-state index contributed by atoms with van der Waals surface area (Å²) in [5.74, 6) is -4.80. The van der Waals surface area contributed by atoms with Gasteiger partial charge < -0.3 is 20.4 Å². The van der Waals surface area contributed by atoms with Crippen LogP contribution in [0.4, 0.5) is 33.7 Å².